The molecule has 0 saturated heterocycles. The van der Waals surface area contributed by atoms with Crippen LogP contribution in [0.4, 0.5) is 0 Å². The Hall–Kier alpha value is -1.62. The Morgan fingerprint density at radius 1 is 1.61 bits per heavy atom. The van der Waals surface area contributed by atoms with E-state index in [1.165, 1.54) is 11.3 Å². The minimum atomic E-state index is 0.135. The van der Waals surface area contributed by atoms with Crippen LogP contribution in [0, 0.1) is 0 Å². The zero-order valence-electron chi connectivity index (χ0n) is 10.2. The summed E-state index contributed by atoms with van der Waals surface area (Å²) in [6, 6.07) is 4.21. The van der Waals surface area contributed by atoms with Crippen molar-refractivity contribution in [1.29, 1.82) is 0 Å². The van der Waals surface area contributed by atoms with Crippen LogP contribution in [0.15, 0.2) is 29.9 Å². The lowest BCUT2D eigenvalue weighted by Crippen LogP contribution is -2.33. The molecule has 1 saturated carbocycles. The number of hydrogen-bond acceptors (Lipinski definition) is 3. The Balaban J connectivity index is 1.81. The number of rotatable bonds is 4. The first-order chi connectivity index (χ1) is 8.75. The number of carbonyl (C=O) groups is 1. The van der Waals surface area contributed by atoms with E-state index >= 15 is 0 Å². The molecule has 3 rings (SSSR count). The minimum Gasteiger partial charge on any atom is -0.337 e. The van der Waals surface area contributed by atoms with E-state index in [9.17, 15) is 4.79 Å². The van der Waals surface area contributed by atoms with Gasteiger partial charge in [-0.25, -0.2) is 4.98 Å². The van der Waals surface area contributed by atoms with Crippen LogP contribution in [0.25, 0.3) is 0 Å². The Morgan fingerprint density at radius 3 is 3.00 bits per heavy atom. The molecular weight excluding hydrogens is 246 g/mol. The average molecular weight is 261 g/mol. The lowest BCUT2D eigenvalue weighted by atomic mass is 10.3. The van der Waals surface area contributed by atoms with Crippen molar-refractivity contribution in [2.45, 2.75) is 25.4 Å². The Morgan fingerprint density at radius 2 is 2.44 bits per heavy atom. The van der Waals surface area contributed by atoms with Gasteiger partial charge in [-0.05, 0) is 24.3 Å². The molecule has 1 aliphatic rings. The molecule has 94 valence electrons. The van der Waals surface area contributed by atoms with E-state index in [4.69, 9.17) is 0 Å². The molecule has 1 amide bonds. The number of amides is 1. The van der Waals surface area contributed by atoms with Gasteiger partial charge >= 0.3 is 0 Å². The molecule has 0 aliphatic heterocycles. The van der Waals surface area contributed by atoms with Crippen LogP contribution in [-0.4, -0.2) is 26.4 Å². The summed E-state index contributed by atoms with van der Waals surface area (Å²) in [6.07, 6.45) is 5.91. The van der Waals surface area contributed by atoms with Crippen LogP contribution >= 0.6 is 11.3 Å². The highest BCUT2D eigenvalue weighted by Gasteiger charge is 2.34. The van der Waals surface area contributed by atoms with Crippen LogP contribution in [0.1, 0.15) is 28.3 Å². The standard InChI is InChI=1S/C13H15N3OS/c1-15-7-6-14-12(15)9-16(10-4-5-10)13(17)11-3-2-8-18-11/h2-3,6-8,10H,4-5,9H2,1H3. The maximum absolute atomic E-state index is 12.4. The molecule has 0 unspecified atom stereocenters. The summed E-state index contributed by atoms with van der Waals surface area (Å²) in [5, 5.41) is 1.94. The molecule has 2 heterocycles. The van der Waals surface area contributed by atoms with Gasteiger partial charge in [0.05, 0.1) is 11.4 Å². The maximum atomic E-state index is 12.4. The van der Waals surface area contributed by atoms with Crippen LogP contribution < -0.4 is 0 Å². The van der Waals surface area contributed by atoms with Gasteiger partial charge < -0.3 is 9.47 Å². The van der Waals surface area contributed by atoms with Crippen molar-refractivity contribution in [3.05, 3.63) is 40.6 Å². The first kappa shape index (κ1) is 11.5. The van der Waals surface area contributed by atoms with Crippen molar-refractivity contribution in [3.63, 3.8) is 0 Å². The number of carbonyl (C=O) groups excluding carboxylic acids is 1. The summed E-state index contributed by atoms with van der Waals surface area (Å²) in [5.41, 5.74) is 0. The molecule has 0 atom stereocenters. The fourth-order valence-electron chi connectivity index (χ4n) is 2.00. The molecule has 0 spiro atoms. The Kier molecular flexibility index (Phi) is 2.91. The van der Waals surface area contributed by atoms with Gasteiger partial charge in [0, 0.05) is 25.5 Å². The second-order valence-corrected chi connectivity index (χ2v) is 5.54. The molecule has 0 radical (unpaired) electrons. The smallest absolute Gasteiger partial charge is 0.264 e. The normalized spacial score (nSPS) is 14.7. The van der Waals surface area contributed by atoms with Gasteiger partial charge in [0.1, 0.15) is 5.82 Å². The number of aryl methyl sites for hydroxylation is 1. The fourth-order valence-corrected chi connectivity index (χ4v) is 2.67. The quantitative estimate of drug-likeness (QED) is 0.847. The number of aromatic nitrogens is 2. The zero-order chi connectivity index (χ0) is 12.5. The number of imidazole rings is 1. The second kappa shape index (κ2) is 4.57. The van der Waals surface area contributed by atoms with Gasteiger partial charge in [0.25, 0.3) is 5.91 Å². The van der Waals surface area contributed by atoms with Crippen molar-refractivity contribution in [2.24, 2.45) is 7.05 Å². The maximum Gasteiger partial charge on any atom is 0.264 e. The third kappa shape index (κ3) is 2.18. The van der Waals surface area contributed by atoms with Gasteiger partial charge in [-0.2, -0.15) is 0 Å². The van der Waals surface area contributed by atoms with Crippen LogP contribution in [0.3, 0.4) is 0 Å². The van der Waals surface area contributed by atoms with E-state index < -0.39 is 0 Å². The monoisotopic (exact) mass is 261 g/mol. The van der Waals surface area contributed by atoms with Crippen LogP contribution in [0.2, 0.25) is 0 Å². The zero-order valence-corrected chi connectivity index (χ0v) is 11.1. The summed E-state index contributed by atoms with van der Waals surface area (Å²) >= 11 is 1.50. The highest BCUT2D eigenvalue weighted by molar-refractivity contribution is 7.12. The van der Waals surface area contributed by atoms with E-state index in [1.807, 2.05) is 40.2 Å². The van der Waals surface area contributed by atoms with E-state index in [2.05, 4.69) is 4.98 Å². The van der Waals surface area contributed by atoms with Gasteiger partial charge in [-0.3, -0.25) is 4.79 Å². The SMILES string of the molecule is Cn1ccnc1CN(C(=O)c1cccs1)C1CC1. The first-order valence-electron chi connectivity index (χ1n) is 6.06. The average Bonchev–Trinajstić information content (AvgIpc) is 2.90. The largest absolute Gasteiger partial charge is 0.337 e. The number of hydrogen-bond donors (Lipinski definition) is 0. The summed E-state index contributed by atoms with van der Waals surface area (Å²) in [6.45, 7) is 0.602. The summed E-state index contributed by atoms with van der Waals surface area (Å²) in [4.78, 5) is 19.5. The van der Waals surface area contributed by atoms with E-state index in [1.54, 1.807) is 6.20 Å². The number of nitrogens with zero attached hydrogens (tertiary/aromatic N) is 3. The molecule has 1 fully saturated rings. The van der Waals surface area contributed by atoms with Gasteiger partial charge in [-0.1, -0.05) is 6.07 Å². The van der Waals surface area contributed by atoms with Crippen molar-refractivity contribution in [2.75, 3.05) is 0 Å². The molecule has 5 heteroatoms. The summed E-state index contributed by atoms with van der Waals surface area (Å²) < 4.78 is 1.97. The molecule has 4 nitrogen and oxygen atoms in total. The van der Waals surface area contributed by atoms with Crippen molar-refractivity contribution >= 4 is 17.2 Å². The lowest BCUT2D eigenvalue weighted by Gasteiger charge is -2.21. The van der Waals surface area contributed by atoms with Crippen molar-refractivity contribution in [1.82, 2.24) is 14.5 Å². The molecule has 0 aromatic carbocycles. The molecule has 18 heavy (non-hydrogen) atoms. The third-order valence-corrected chi connectivity index (χ3v) is 4.07. The van der Waals surface area contributed by atoms with E-state index in [0.29, 0.717) is 12.6 Å². The molecule has 1 aliphatic carbocycles. The summed E-state index contributed by atoms with van der Waals surface area (Å²) in [5.74, 6) is 1.07. The van der Waals surface area contributed by atoms with Crippen LogP contribution in [0.5, 0.6) is 0 Å². The highest BCUT2D eigenvalue weighted by atomic mass is 32.1. The topological polar surface area (TPSA) is 38.1 Å². The molecular formula is C13H15N3OS. The first-order valence-corrected chi connectivity index (χ1v) is 6.94. The molecule has 0 N–H and O–H groups in total. The third-order valence-electron chi connectivity index (χ3n) is 3.21. The molecule has 0 bridgehead atoms. The lowest BCUT2D eigenvalue weighted by molar-refractivity contribution is 0.0729. The Labute approximate surface area is 110 Å². The second-order valence-electron chi connectivity index (χ2n) is 4.60. The van der Waals surface area contributed by atoms with Crippen LogP contribution in [-0.2, 0) is 13.6 Å². The molecule has 2 aromatic heterocycles. The Bertz CT molecular complexity index is 542. The minimum absolute atomic E-state index is 0.135. The van der Waals surface area contributed by atoms with Gasteiger partial charge in [-0.15, -0.1) is 11.3 Å². The predicted molar refractivity (Wildman–Crippen MR) is 70.4 cm³/mol. The fraction of sp³-hybridized carbons (Fsp3) is 0.385. The van der Waals surface area contributed by atoms with E-state index in [0.717, 1.165) is 23.5 Å². The predicted octanol–water partition coefficient (Wildman–Crippen LogP) is 2.29. The highest BCUT2D eigenvalue weighted by Crippen LogP contribution is 2.30. The molecule has 2 aromatic rings. The van der Waals surface area contributed by atoms with Gasteiger partial charge in [0.2, 0.25) is 0 Å². The van der Waals surface area contributed by atoms with E-state index in [-0.39, 0.29) is 5.91 Å². The summed E-state index contributed by atoms with van der Waals surface area (Å²) in [7, 11) is 1.96. The van der Waals surface area contributed by atoms with Gasteiger partial charge in [0.15, 0.2) is 0 Å². The van der Waals surface area contributed by atoms with Crippen molar-refractivity contribution < 1.29 is 4.79 Å². The van der Waals surface area contributed by atoms with Crippen molar-refractivity contribution in [3.8, 4) is 0 Å². The number of thiophene rings is 1.